The number of nitrogens with two attached hydrogens (primary N) is 1. The summed E-state index contributed by atoms with van der Waals surface area (Å²) in [5.74, 6) is 1.79. The third-order valence-electron chi connectivity index (χ3n) is 4.16. The summed E-state index contributed by atoms with van der Waals surface area (Å²) >= 11 is 0. The fraction of sp³-hybridized carbons (Fsp3) is 0.933. The second-order valence-electron chi connectivity index (χ2n) is 6.07. The van der Waals surface area contributed by atoms with Crippen LogP contribution in [-0.4, -0.2) is 29.9 Å². The van der Waals surface area contributed by atoms with Crippen molar-refractivity contribution in [2.24, 2.45) is 17.6 Å². The molecule has 1 heterocycles. The van der Waals surface area contributed by atoms with Gasteiger partial charge in [0.2, 0.25) is 5.91 Å². The predicted octanol–water partition coefficient (Wildman–Crippen LogP) is 2.79. The highest BCUT2D eigenvalue weighted by Gasteiger charge is 2.23. The number of hydrogen-bond donors (Lipinski definition) is 1. The summed E-state index contributed by atoms with van der Waals surface area (Å²) in [7, 11) is 0. The molecule has 18 heavy (non-hydrogen) atoms. The first kappa shape index (κ1) is 15.5. The van der Waals surface area contributed by atoms with Crippen molar-refractivity contribution in [2.75, 3.05) is 13.1 Å². The first-order chi connectivity index (χ1) is 8.54. The number of amides is 1. The third-order valence-corrected chi connectivity index (χ3v) is 4.16. The lowest BCUT2D eigenvalue weighted by Crippen LogP contribution is -2.36. The maximum atomic E-state index is 12.2. The summed E-state index contributed by atoms with van der Waals surface area (Å²) in [4.78, 5) is 14.2. The van der Waals surface area contributed by atoms with Crippen LogP contribution in [0.2, 0.25) is 0 Å². The van der Waals surface area contributed by atoms with Crippen LogP contribution in [0.25, 0.3) is 0 Å². The Kier molecular flexibility index (Phi) is 6.69. The second-order valence-corrected chi connectivity index (χ2v) is 6.07. The number of rotatable bonds is 5. The zero-order chi connectivity index (χ0) is 13.5. The van der Waals surface area contributed by atoms with E-state index >= 15 is 0 Å². The number of carbonyl (C=O) groups excluding carboxylic acids is 1. The Morgan fingerprint density at radius 2 is 2.06 bits per heavy atom. The van der Waals surface area contributed by atoms with Gasteiger partial charge in [-0.1, -0.05) is 27.2 Å². The zero-order valence-electron chi connectivity index (χ0n) is 12.3. The summed E-state index contributed by atoms with van der Waals surface area (Å²) in [6, 6.07) is 0.0478. The molecule has 0 aromatic carbocycles. The van der Waals surface area contributed by atoms with Crippen LogP contribution in [0.3, 0.4) is 0 Å². The highest BCUT2D eigenvalue weighted by Crippen LogP contribution is 2.24. The van der Waals surface area contributed by atoms with Gasteiger partial charge in [-0.2, -0.15) is 0 Å². The highest BCUT2D eigenvalue weighted by molar-refractivity contribution is 5.76. The lowest BCUT2D eigenvalue weighted by atomic mass is 9.89. The Hall–Kier alpha value is -0.570. The largest absolute Gasteiger partial charge is 0.343 e. The minimum Gasteiger partial charge on any atom is -0.343 e. The fourth-order valence-electron chi connectivity index (χ4n) is 2.86. The van der Waals surface area contributed by atoms with Gasteiger partial charge >= 0.3 is 0 Å². The molecular formula is C15H30N2O. The molecule has 0 saturated carbocycles. The molecule has 0 aromatic rings. The van der Waals surface area contributed by atoms with Gasteiger partial charge in [-0.3, -0.25) is 4.79 Å². The van der Waals surface area contributed by atoms with Crippen LogP contribution in [0.5, 0.6) is 0 Å². The molecule has 3 heteroatoms. The van der Waals surface area contributed by atoms with Crippen LogP contribution in [0.1, 0.15) is 59.3 Å². The molecule has 1 amide bonds. The average molecular weight is 254 g/mol. The van der Waals surface area contributed by atoms with Crippen molar-refractivity contribution in [1.29, 1.82) is 0 Å². The molecule has 2 atom stereocenters. The maximum absolute atomic E-state index is 12.2. The van der Waals surface area contributed by atoms with Gasteiger partial charge in [0.25, 0.3) is 0 Å². The number of likely N-dealkylation sites (tertiary alicyclic amines) is 1. The Bertz CT molecular complexity index is 253. The van der Waals surface area contributed by atoms with Gasteiger partial charge in [-0.05, 0) is 37.5 Å². The Morgan fingerprint density at radius 1 is 1.33 bits per heavy atom. The van der Waals surface area contributed by atoms with Crippen LogP contribution < -0.4 is 5.73 Å². The number of hydrogen-bond acceptors (Lipinski definition) is 2. The van der Waals surface area contributed by atoms with Crippen LogP contribution in [0, 0.1) is 11.8 Å². The van der Waals surface area contributed by atoms with E-state index in [9.17, 15) is 4.79 Å². The van der Waals surface area contributed by atoms with Crippen molar-refractivity contribution >= 4 is 5.91 Å². The quantitative estimate of drug-likeness (QED) is 0.820. The molecule has 1 fully saturated rings. The molecule has 106 valence electrons. The van der Waals surface area contributed by atoms with E-state index in [4.69, 9.17) is 5.73 Å². The molecule has 2 N–H and O–H groups in total. The summed E-state index contributed by atoms with van der Waals surface area (Å²) in [5.41, 5.74) is 5.96. The van der Waals surface area contributed by atoms with Gasteiger partial charge < -0.3 is 10.6 Å². The predicted molar refractivity (Wildman–Crippen MR) is 76.3 cm³/mol. The SMILES string of the molecule is CCCC(N)CC(=O)N1CCCC(C(C)C)CC1. The molecule has 3 nitrogen and oxygen atoms in total. The van der Waals surface area contributed by atoms with Gasteiger partial charge in [0.05, 0.1) is 0 Å². The van der Waals surface area contributed by atoms with E-state index in [1.807, 2.05) is 4.90 Å². The zero-order valence-corrected chi connectivity index (χ0v) is 12.3. The van der Waals surface area contributed by atoms with Gasteiger partial charge in [0, 0.05) is 25.6 Å². The van der Waals surface area contributed by atoms with E-state index in [0.717, 1.165) is 50.6 Å². The Morgan fingerprint density at radius 3 is 2.67 bits per heavy atom. The second kappa shape index (κ2) is 7.78. The van der Waals surface area contributed by atoms with E-state index in [1.54, 1.807) is 0 Å². The van der Waals surface area contributed by atoms with E-state index in [1.165, 1.54) is 6.42 Å². The maximum Gasteiger partial charge on any atom is 0.224 e. The average Bonchev–Trinajstić information content (AvgIpc) is 2.54. The van der Waals surface area contributed by atoms with Crippen molar-refractivity contribution in [3.05, 3.63) is 0 Å². The van der Waals surface area contributed by atoms with Gasteiger partial charge in [-0.25, -0.2) is 0 Å². The Labute approximate surface area is 112 Å². The van der Waals surface area contributed by atoms with Crippen LogP contribution >= 0.6 is 0 Å². The molecule has 0 bridgehead atoms. The molecule has 1 aliphatic heterocycles. The van der Waals surface area contributed by atoms with Crippen LogP contribution in [0.15, 0.2) is 0 Å². The lowest BCUT2D eigenvalue weighted by molar-refractivity contribution is -0.131. The van der Waals surface area contributed by atoms with Crippen molar-refractivity contribution in [2.45, 2.75) is 65.3 Å². The molecule has 2 unspecified atom stereocenters. The summed E-state index contributed by atoms with van der Waals surface area (Å²) in [6.07, 6.45) is 6.12. The van der Waals surface area contributed by atoms with Gasteiger partial charge in [0.15, 0.2) is 0 Å². The van der Waals surface area contributed by atoms with Crippen molar-refractivity contribution in [3.63, 3.8) is 0 Å². The fourth-order valence-corrected chi connectivity index (χ4v) is 2.86. The van der Waals surface area contributed by atoms with Crippen molar-refractivity contribution in [1.82, 2.24) is 4.90 Å². The molecular weight excluding hydrogens is 224 g/mol. The van der Waals surface area contributed by atoms with Gasteiger partial charge in [0.1, 0.15) is 0 Å². The standard InChI is InChI=1S/C15H30N2O/c1-4-6-14(16)11-15(18)17-9-5-7-13(8-10-17)12(2)3/h12-14H,4-11,16H2,1-3H3. The van der Waals surface area contributed by atoms with E-state index in [-0.39, 0.29) is 11.9 Å². The first-order valence-electron chi connectivity index (χ1n) is 7.58. The molecule has 1 saturated heterocycles. The Balaban J connectivity index is 2.40. The third kappa shape index (κ3) is 4.97. The summed E-state index contributed by atoms with van der Waals surface area (Å²) < 4.78 is 0. The van der Waals surface area contributed by atoms with E-state index in [0.29, 0.717) is 6.42 Å². The smallest absolute Gasteiger partial charge is 0.224 e. The topological polar surface area (TPSA) is 46.3 Å². The van der Waals surface area contributed by atoms with Crippen molar-refractivity contribution < 1.29 is 4.79 Å². The van der Waals surface area contributed by atoms with Crippen LogP contribution in [-0.2, 0) is 4.79 Å². The van der Waals surface area contributed by atoms with Crippen molar-refractivity contribution in [3.8, 4) is 0 Å². The molecule has 0 spiro atoms. The minimum atomic E-state index is 0.0478. The first-order valence-corrected chi connectivity index (χ1v) is 7.58. The molecule has 1 rings (SSSR count). The summed E-state index contributed by atoms with van der Waals surface area (Å²) in [6.45, 7) is 8.56. The monoisotopic (exact) mass is 254 g/mol. The number of carbonyl (C=O) groups is 1. The summed E-state index contributed by atoms with van der Waals surface area (Å²) in [5, 5.41) is 0. The van der Waals surface area contributed by atoms with Gasteiger partial charge in [-0.15, -0.1) is 0 Å². The molecule has 0 aliphatic carbocycles. The molecule has 0 aromatic heterocycles. The molecule has 1 aliphatic rings. The van der Waals surface area contributed by atoms with E-state index < -0.39 is 0 Å². The minimum absolute atomic E-state index is 0.0478. The normalized spacial score (nSPS) is 22.9. The number of nitrogens with zero attached hydrogens (tertiary/aromatic N) is 1. The van der Waals surface area contributed by atoms with Crippen LogP contribution in [0.4, 0.5) is 0 Å². The highest BCUT2D eigenvalue weighted by atomic mass is 16.2. The molecule has 0 radical (unpaired) electrons. The lowest BCUT2D eigenvalue weighted by Gasteiger charge is -2.23. The van der Waals surface area contributed by atoms with E-state index in [2.05, 4.69) is 20.8 Å².